The van der Waals surface area contributed by atoms with Crippen LogP contribution in [0.25, 0.3) is 11.5 Å². The molecule has 2 aliphatic heterocycles. The van der Waals surface area contributed by atoms with Crippen molar-refractivity contribution < 1.29 is 18.7 Å². The summed E-state index contributed by atoms with van der Waals surface area (Å²) in [4.78, 5) is 14.8. The lowest BCUT2D eigenvalue weighted by Crippen LogP contribution is -2.46. The summed E-state index contributed by atoms with van der Waals surface area (Å²) in [5.41, 5.74) is 0.759. The van der Waals surface area contributed by atoms with Crippen LogP contribution in [0.3, 0.4) is 0 Å². The maximum absolute atomic E-state index is 12.8. The topological polar surface area (TPSA) is 77.7 Å². The highest BCUT2D eigenvalue weighted by Crippen LogP contribution is 2.35. The first-order chi connectivity index (χ1) is 13.7. The Labute approximate surface area is 163 Å². The molecule has 3 heterocycles. The molecule has 28 heavy (non-hydrogen) atoms. The van der Waals surface area contributed by atoms with Crippen LogP contribution in [0.15, 0.2) is 47.4 Å². The Morgan fingerprint density at radius 3 is 3.04 bits per heavy atom. The zero-order valence-corrected chi connectivity index (χ0v) is 15.8. The second kappa shape index (κ2) is 7.88. The third-order valence-corrected chi connectivity index (χ3v) is 5.02. The van der Waals surface area contributed by atoms with E-state index in [1.54, 1.807) is 0 Å². The molecule has 0 spiro atoms. The van der Waals surface area contributed by atoms with Gasteiger partial charge in [0.1, 0.15) is 0 Å². The number of carbonyl (C=O) groups excluding carboxylic acids is 1. The summed E-state index contributed by atoms with van der Waals surface area (Å²) in [7, 11) is 0. The molecule has 0 saturated carbocycles. The van der Waals surface area contributed by atoms with Crippen LogP contribution < -0.4 is 9.47 Å². The third kappa shape index (κ3) is 3.65. The largest absolute Gasteiger partial charge is 0.454 e. The van der Waals surface area contributed by atoms with Gasteiger partial charge >= 0.3 is 0 Å². The number of rotatable bonds is 6. The summed E-state index contributed by atoms with van der Waals surface area (Å²) in [6, 6.07) is 5.72. The molecule has 2 aromatic rings. The Hall–Kier alpha value is -3.09. The molecule has 0 aliphatic carbocycles. The summed E-state index contributed by atoms with van der Waals surface area (Å²) in [6.45, 7) is 6.06. The van der Waals surface area contributed by atoms with Crippen molar-refractivity contribution in [2.75, 3.05) is 6.79 Å². The number of amides is 1. The minimum Gasteiger partial charge on any atom is -0.454 e. The van der Waals surface area contributed by atoms with Crippen LogP contribution >= 0.6 is 0 Å². The second-order valence-electron chi connectivity index (χ2n) is 6.95. The van der Waals surface area contributed by atoms with E-state index in [1.807, 2.05) is 36.1 Å². The summed E-state index contributed by atoms with van der Waals surface area (Å²) < 4.78 is 16.4. The first-order valence-corrected chi connectivity index (χ1v) is 9.47. The Morgan fingerprint density at radius 1 is 1.32 bits per heavy atom. The van der Waals surface area contributed by atoms with Gasteiger partial charge in [-0.1, -0.05) is 18.2 Å². The van der Waals surface area contributed by atoms with Gasteiger partial charge in [-0.05, 0) is 38.0 Å². The van der Waals surface area contributed by atoms with E-state index in [1.165, 1.54) is 0 Å². The smallest absolute Gasteiger partial charge is 0.247 e. The number of nitrogens with zero attached hydrogens (tertiary/aromatic N) is 3. The summed E-state index contributed by atoms with van der Waals surface area (Å²) in [5, 5.41) is 8.19. The zero-order chi connectivity index (χ0) is 19.5. The van der Waals surface area contributed by atoms with Gasteiger partial charge in [0.2, 0.25) is 24.5 Å². The van der Waals surface area contributed by atoms with E-state index in [-0.39, 0.29) is 24.8 Å². The van der Waals surface area contributed by atoms with E-state index >= 15 is 0 Å². The molecule has 4 rings (SSSR count). The number of carbonyl (C=O) groups is 1. The minimum absolute atomic E-state index is 0.0816. The maximum atomic E-state index is 12.8. The van der Waals surface area contributed by atoms with Gasteiger partial charge < -0.3 is 18.8 Å². The fourth-order valence-corrected chi connectivity index (χ4v) is 3.65. The average molecular weight is 381 g/mol. The molecule has 0 bridgehead atoms. The van der Waals surface area contributed by atoms with Gasteiger partial charge in [0.05, 0.1) is 0 Å². The van der Waals surface area contributed by atoms with Gasteiger partial charge in [-0.25, -0.2) is 0 Å². The van der Waals surface area contributed by atoms with Crippen LogP contribution in [0.5, 0.6) is 11.5 Å². The number of hydrogen-bond acceptors (Lipinski definition) is 6. The summed E-state index contributed by atoms with van der Waals surface area (Å²) in [5.74, 6) is 2.30. The van der Waals surface area contributed by atoms with Crippen molar-refractivity contribution in [2.45, 2.75) is 44.7 Å². The Balaban J connectivity index is 1.41. The molecular weight excluding hydrogens is 358 g/mol. The van der Waals surface area contributed by atoms with Crippen molar-refractivity contribution in [3.05, 3.63) is 48.9 Å². The van der Waals surface area contributed by atoms with Crippen molar-refractivity contribution in [2.24, 2.45) is 0 Å². The van der Waals surface area contributed by atoms with Crippen LogP contribution in [-0.4, -0.2) is 39.9 Å². The van der Waals surface area contributed by atoms with E-state index in [0.29, 0.717) is 36.1 Å². The van der Waals surface area contributed by atoms with E-state index in [2.05, 4.69) is 28.9 Å². The Bertz CT molecular complexity index is 905. The first-order valence-electron chi connectivity index (χ1n) is 9.47. The van der Waals surface area contributed by atoms with Crippen LogP contribution in [0, 0.1) is 0 Å². The van der Waals surface area contributed by atoms with E-state index in [4.69, 9.17) is 13.9 Å². The number of aryl methyl sites for hydroxylation is 1. The lowest BCUT2D eigenvalue weighted by Gasteiger charge is -2.37. The standard InChI is InChI=1S/C21H23N3O4/c1-3-5-16-7-4-6-14(2)24(16)20(25)11-10-19-22-23-21(28-19)15-8-9-17-18(12-15)27-13-26-17/h3-4,6,8-9,12,14,16H,1,5,7,10-11,13H2,2H3/t14-,16-/m1/s1. The minimum atomic E-state index is 0.0816. The molecule has 1 aromatic heterocycles. The fraction of sp³-hybridized carbons (Fsp3) is 0.381. The monoisotopic (exact) mass is 381 g/mol. The van der Waals surface area contributed by atoms with Gasteiger partial charge in [0.25, 0.3) is 0 Å². The number of hydrogen-bond donors (Lipinski definition) is 0. The van der Waals surface area contributed by atoms with Crippen LogP contribution in [0.4, 0.5) is 0 Å². The summed E-state index contributed by atoms with van der Waals surface area (Å²) >= 11 is 0. The molecular formula is C21H23N3O4. The average Bonchev–Trinajstić information content (AvgIpc) is 3.35. The number of aromatic nitrogens is 2. The van der Waals surface area contributed by atoms with Gasteiger partial charge in [-0.2, -0.15) is 0 Å². The van der Waals surface area contributed by atoms with E-state index < -0.39 is 0 Å². The highest BCUT2D eigenvalue weighted by Gasteiger charge is 2.28. The normalized spacial score (nSPS) is 20.4. The third-order valence-electron chi connectivity index (χ3n) is 5.02. The Kier molecular flexibility index (Phi) is 5.14. The molecule has 146 valence electrons. The van der Waals surface area contributed by atoms with Crippen molar-refractivity contribution in [1.82, 2.24) is 15.1 Å². The molecule has 1 aromatic carbocycles. The van der Waals surface area contributed by atoms with E-state index in [9.17, 15) is 4.79 Å². The molecule has 7 nitrogen and oxygen atoms in total. The zero-order valence-electron chi connectivity index (χ0n) is 15.8. The Morgan fingerprint density at radius 2 is 2.18 bits per heavy atom. The van der Waals surface area contributed by atoms with Gasteiger partial charge in [-0.3, -0.25) is 4.79 Å². The molecule has 1 amide bonds. The number of fused-ring (bicyclic) bond motifs is 1. The lowest BCUT2D eigenvalue weighted by molar-refractivity contribution is -0.135. The molecule has 0 N–H and O–H groups in total. The molecule has 0 saturated heterocycles. The SMILES string of the molecule is C=CC[C@@H]1CC=C[C@@H](C)N1C(=O)CCc1nnc(-c2ccc3c(c2)OCO3)o1. The lowest BCUT2D eigenvalue weighted by atomic mass is 9.99. The molecule has 0 radical (unpaired) electrons. The van der Waals surface area contributed by atoms with Crippen molar-refractivity contribution in [3.63, 3.8) is 0 Å². The number of benzene rings is 1. The quantitative estimate of drug-likeness (QED) is 0.713. The molecule has 7 heteroatoms. The van der Waals surface area contributed by atoms with Crippen molar-refractivity contribution in [1.29, 1.82) is 0 Å². The fourth-order valence-electron chi connectivity index (χ4n) is 3.65. The highest BCUT2D eigenvalue weighted by molar-refractivity contribution is 5.77. The molecule has 0 unspecified atom stereocenters. The molecule has 0 fully saturated rings. The van der Waals surface area contributed by atoms with Gasteiger partial charge in [0, 0.05) is 30.5 Å². The highest BCUT2D eigenvalue weighted by atomic mass is 16.7. The number of ether oxygens (including phenoxy) is 2. The molecule has 2 atom stereocenters. The maximum Gasteiger partial charge on any atom is 0.247 e. The first kappa shape index (κ1) is 18.3. The van der Waals surface area contributed by atoms with Gasteiger partial charge in [-0.15, -0.1) is 16.8 Å². The predicted molar refractivity (Wildman–Crippen MR) is 103 cm³/mol. The van der Waals surface area contributed by atoms with Crippen molar-refractivity contribution >= 4 is 5.91 Å². The van der Waals surface area contributed by atoms with Crippen molar-refractivity contribution in [3.8, 4) is 23.0 Å². The summed E-state index contributed by atoms with van der Waals surface area (Å²) in [6.07, 6.45) is 8.46. The van der Waals surface area contributed by atoms with Gasteiger partial charge in [0.15, 0.2) is 11.5 Å². The van der Waals surface area contributed by atoms with Crippen LogP contribution in [0.2, 0.25) is 0 Å². The van der Waals surface area contributed by atoms with Crippen LogP contribution in [0.1, 0.15) is 32.1 Å². The second-order valence-corrected chi connectivity index (χ2v) is 6.95. The van der Waals surface area contributed by atoms with E-state index in [0.717, 1.165) is 18.4 Å². The van der Waals surface area contributed by atoms with Crippen LogP contribution in [-0.2, 0) is 11.2 Å². The predicted octanol–water partition coefficient (Wildman–Crippen LogP) is 3.52. The molecule has 2 aliphatic rings.